The Labute approximate surface area is 134 Å². The van der Waals surface area contributed by atoms with Gasteiger partial charge >= 0.3 is 5.97 Å². The van der Waals surface area contributed by atoms with Crippen LogP contribution in [0, 0.1) is 0 Å². The van der Waals surface area contributed by atoms with Crippen molar-refractivity contribution in [2.24, 2.45) is 0 Å². The van der Waals surface area contributed by atoms with Gasteiger partial charge in [0.25, 0.3) is 5.91 Å². The molecular weight excluding hydrogens is 294 g/mol. The first-order valence-corrected chi connectivity index (χ1v) is 7.79. The summed E-state index contributed by atoms with van der Waals surface area (Å²) in [5.41, 5.74) is 0.780. The van der Waals surface area contributed by atoms with Gasteiger partial charge in [-0.25, -0.2) is 4.79 Å². The van der Waals surface area contributed by atoms with E-state index in [1.165, 1.54) is 12.8 Å². The Bertz CT molecular complexity index is 690. The Morgan fingerprint density at radius 1 is 1.17 bits per heavy atom. The second-order valence-corrected chi connectivity index (χ2v) is 5.77. The second-order valence-electron chi connectivity index (χ2n) is 5.77. The molecule has 1 aromatic carbocycles. The number of benzene rings is 1. The molecular formula is C17H19N3O3. The van der Waals surface area contributed by atoms with E-state index in [1.54, 1.807) is 42.6 Å². The summed E-state index contributed by atoms with van der Waals surface area (Å²) in [6.07, 6.45) is 6.31. The highest BCUT2D eigenvalue weighted by atomic mass is 16.4. The van der Waals surface area contributed by atoms with Gasteiger partial charge in [-0.15, -0.1) is 0 Å². The molecule has 0 spiro atoms. The zero-order valence-corrected chi connectivity index (χ0v) is 12.7. The molecule has 2 N–H and O–H groups in total. The molecule has 1 aliphatic carbocycles. The number of nitrogens with zero attached hydrogens (tertiary/aromatic N) is 2. The number of hydrogen-bond donors (Lipinski definition) is 2. The van der Waals surface area contributed by atoms with Gasteiger partial charge < -0.3 is 10.4 Å². The zero-order valence-electron chi connectivity index (χ0n) is 12.7. The van der Waals surface area contributed by atoms with Crippen LogP contribution in [0.15, 0.2) is 42.6 Å². The van der Waals surface area contributed by atoms with Gasteiger partial charge in [0.1, 0.15) is 5.69 Å². The SMILES string of the molecule is O=C(N[C@@H](C(=O)O)c1ccccc1)c1ccn(C2CCCC2)n1. The minimum Gasteiger partial charge on any atom is -0.479 e. The predicted molar refractivity (Wildman–Crippen MR) is 84.0 cm³/mol. The minimum absolute atomic E-state index is 0.249. The maximum absolute atomic E-state index is 12.3. The van der Waals surface area contributed by atoms with Crippen molar-refractivity contribution in [1.82, 2.24) is 15.1 Å². The van der Waals surface area contributed by atoms with E-state index in [0.29, 0.717) is 11.6 Å². The third kappa shape index (κ3) is 3.41. The lowest BCUT2D eigenvalue weighted by atomic mass is 10.1. The topological polar surface area (TPSA) is 84.2 Å². The standard InChI is InChI=1S/C17H19N3O3/c21-16(14-10-11-20(19-14)13-8-4-5-9-13)18-15(17(22)23)12-6-2-1-3-7-12/h1-3,6-7,10-11,13,15H,4-5,8-9H2,(H,18,21)(H,22,23)/t15-/m1/s1. The molecule has 2 aromatic rings. The molecule has 1 atom stereocenters. The number of aliphatic carboxylic acids is 1. The van der Waals surface area contributed by atoms with Gasteiger partial charge in [-0.3, -0.25) is 9.48 Å². The van der Waals surface area contributed by atoms with Crippen LogP contribution >= 0.6 is 0 Å². The molecule has 120 valence electrons. The Kier molecular flexibility index (Phi) is 4.41. The van der Waals surface area contributed by atoms with E-state index in [9.17, 15) is 14.7 Å². The normalized spacial score (nSPS) is 16.2. The van der Waals surface area contributed by atoms with E-state index in [1.807, 2.05) is 4.68 Å². The maximum Gasteiger partial charge on any atom is 0.330 e. The summed E-state index contributed by atoms with van der Waals surface area (Å²) in [6.45, 7) is 0. The number of hydrogen-bond acceptors (Lipinski definition) is 3. The average Bonchev–Trinajstić information content (AvgIpc) is 3.23. The Morgan fingerprint density at radius 3 is 2.52 bits per heavy atom. The van der Waals surface area contributed by atoms with E-state index in [4.69, 9.17) is 0 Å². The van der Waals surface area contributed by atoms with Gasteiger partial charge in [0, 0.05) is 6.20 Å². The lowest BCUT2D eigenvalue weighted by Crippen LogP contribution is -2.34. The monoisotopic (exact) mass is 313 g/mol. The van der Waals surface area contributed by atoms with Crippen LogP contribution in [0.3, 0.4) is 0 Å². The first kappa shape index (κ1) is 15.3. The minimum atomic E-state index is -1.10. The number of carbonyl (C=O) groups is 2. The molecule has 0 saturated heterocycles. The van der Waals surface area contributed by atoms with Gasteiger partial charge in [-0.1, -0.05) is 43.2 Å². The van der Waals surface area contributed by atoms with Gasteiger partial charge in [-0.05, 0) is 24.5 Å². The first-order valence-electron chi connectivity index (χ1n) is 7.79. The van der Waals surface area contributed by atoms with Crippen molar-refractivity contribution in [3.63, 3.8) is 0 Å². The number of carboxylic acids is 1. The smallest absolute Gasteiger partial charge is 0.330 e. The molecule has 1 fully saturated rings. The van der Waals surface area contributed by atoms with Gasteiger partial charge in [0.05, 0.1) is 6.04 Å². The Balaban J connectivity index is 1.73. The molecule has 1 aromatic heterocycles. The molecule has 0 unspecified atom stereocenters. The zero-order chi connectivity index (χ0) is 16.2. The maximum atomic E-state index is 12.3. The van der Waals surface area contributed by atoms with E-state index in [0.717, 1.165) is 12.8 Å². The molecule has 0 aliphatic heterocycles. The van der Waals surface area contributed by atoms with Crippen molar-refractivity contribution in [2.75, 3.05) is 0 Å². The fraction of sp³-hybridized carbons (Fsp3) is 0.353. The van der Waals surface area contributed by atoms with E-state index in [-0.39, 0.29) is 5.69 Å². The highest BCUT2D eigenvalue weighted by Crippen LogP contribution is 2.28. The van der Waals surface area contributed by atoms with E-state index < -0.39 is 17.9 Å². The molecule has 1 aliphatic rings. The summed E-state index contributed by atoms with van der Waals surface area (Å²) < 4.78 is 1.82. The number of aromatic nitrogens is 2. The molecule has 1 saturated carbocycles. The third-order valence-corrected chi connectivity index (χ3v) is 4.20. The van der Waals surface area contributed by atoms with Crippen LogP contribution in [0.4, 0.5) is 0 Å². The second kappa shape index (κ2) is 6.64. The summed E-state index contributed by atoms with van der Waals surface area (Å²) in [5, 5.41) is 16.2. The molecule has 1 heterocycles. The average molecular weight is 313 g/mol. The summed E-state index contributed by atoms with van der Waals surface area (Å²) in [7, 11) is 0. The molecule has 3 rings (SSSR count). The molecule has 0 bridgehead atoms. The van der Waals surface area contributed by atoms with Crippen LogP contribution in [0.25, 0.3) is 0 Å². The van der Waals surface area contributed by atoms with Crippen LogP contribution in [0.2, 0.25) is 0 Å². The number of amides is 1. The fourth-order valence-electron chi connectivity index (χ4n) is 2.97. The first-order chi connectivity index (χ1) is 11.1. The van der Waals surface area contributed by atoms with Crippen LogP contribution in [0.5, 0.6) is 0 Å². The molecule has 1 amide bonds. The van der Waals surface area contributed by atoms with Crippen molar-refractivity contribution in [1.29, 1.82) is 0 Å². The van der Waals surface area contributed by atoms with Gasteiger partial charge in [-0.2, -0.15) is 5.10 Å². The van der Waals surface area contributed by atoms with Crippen molar-refractivity contribution in [3.05, 3.63) is 53.9 Å². The summed E-state index contributed by atoms with van der Waals surface area (Å²) in [4.78, 5) is 23.8. The molecule has 0 radical (unpaired) electrons. The fourth-order valence-corrected chi connectivity index (χ4v) is 2.97. The molecule has 6 heteroatoms. The van der Waals surface area contributed by atoms with Crippen molar-refractivity contribution >= 4 is 11.9 Å². The van der Waals surface area contributed by atoms with Crippen LogP contribution in [0.1, 0.15) is 53.8 Å². The van der Waals surface area contributed by atoms with Crippen LogP contribution in [-0.4, -0.2) is 26.8 Å². The lowest BCUT2D eigenvalue weighted by molar-refractivity contribution is -0.139. The van der Waals surface area contributed by atoms with Crippen LogP contribution in [-0.2, 0) is 4.79 Å². The van der Waals surface area contributed by atoms with Crippen LogP contribution < -0.4 is 5.32 Å². The Hall–Kier alpha value is -2.63. The highest BCUT2D eigenvalue weighted by molar-refractivity contribution is 5.95. The summed E-state index contributed by atoms with van der Waals surface area (Å²) in [6, 6.07) is 9.54. The van der Waals surface area contributed by atoms with Crippen molar-refractivity contribution in [2.45, 2.75) is 37.8 Å². The van der Waals surface area contributed by atoms with E-state index >= 15 is 0 Å². The highest BCUT2D eigenvalue weighted by Gasteiger charge is 2.24. The number of carboxylic acid groups (broad SMARTS) is 1. The predicted octanol–water partition coefficient (Wildman–Crippen LogP) is 2.55. The quantitative estimate of drug-likeness (QED) is 0.888. The van der Waals surface area contributed by atoms with E-state index in [2.05, 4.69) is 10.4 Å². The third-order valence-electron chi connectivity index (χ3n) is 4.20. The van der Waals surface area contributed by atoms with Gasteiger partial charge in [0.2, 0.25) is 0 Å². The Morgan fingerprint density at radius 2 is 1.87 bits per heavy atom. The number of carbonyl (C=O) groups excluding carboxylic acids is 1. The summed E-state index contributed by atoms with van der Waals surface area (Å²) >= 11 is 0. The number of nitrogens with one attached hydrogen (secondary N) is 1. The molecule has 6 nitrogen and oxygen atoms in total. The summed E-state index contributed by atoms with van der Waals surface area (Å²) in [5.74, 6) is -1.57. The van der Waals surface area contributed by atoms with Crippen molar-refractivity contribution in [3.8, 4) is 0 Å². The molecule has 23 heavy (non-hydrogen) atoms. The number of rotatable bonds is 5. The largest absolute Gasteiger partial charge is 0.479 e. The van der Waals surface area contributed by atoms with Crippen molar-refractivity contribution < 1.29 is 14.7 Å². The lowest BCUT2D eigenvalue weighted by Gasteiger charge is -2.14. The van der Waals surface area contributed by atoms with Gasteiger partial charge in [0.15, 0.2) is 6.04 Å².